The van der Waals surface area contributed by atoms with Gasteiger partial charge in [0.2, 0.25) is 0 Å². The number of aliphatic hydroxyl groups excluding tert-OH is 1. The predicted molar refractivity (Wildman–Crippen MR) is 104 cm³/mol. The minimum Gasteiger partial charge on any atom is -0.459 e. The smallest absolute Gasteiger partial charge is 0.335 e. The van der Waals surface area contributed by atoms with Gasteiger partial charge in [0.15, 0.2) is 18.0 Å². The van der Waals surface area contributed by atoms with Crippen LogP contribution in [0.1, 0.15) is 33.6 Å². The van der Waals surface area contributed by atoms with Gasteiger partial charge in [-0.15, -0.1) is 0 Å². The quantitative estimate of drug-likeness (QED) is 0.256. The van der Waals surface area contributed by atoms with Crippen LogP contribution in [0.15, 0.2) is 12.2 Å². The molecule has 1 aliphatic heterocycles. The Hall–Kier alpha value is -2.34. The maximum Gasteiger partial charge on any atom is 0.335 e. The highest BCUT2D eigenvalue weighted by atomic mass is 16.7. The summed E-state index contributed by atoms with van der Waals surface area (Å²) in [5.41, 5.74) is 0. The number of cyclic esters (lactones) is 3. The summed E-state index contributed by atoms with van der Waals surface area (Å²) in [5, 5.41) is 10.00. The van der Waals surface area contributed by atoms with E-state index in [1.807, 2.05) is 0 Å². The minimum atomic E-state index is -1.75. The van der Waals surface area contributed by atoms with Gasteiger partial charge < -0.3 is 33.5 Å². The van der Waals surface area contributed by atoms with Gasteiger partial charge in [0.1, 0.15) is 25.1 Å². The summed E-state index contributed by atoms with van der Waals surface area (Å²) in [4.78, 5) is 48.2. The maximum absolute atomic E-state index is 12.2. The van der Waals surface area contributed by atoms with Crippen LogP contribution in [0.5, 0.6) is 0 Å². The van der Waals surface area contributed by atoms with E-state index in [9.17, 15) is 24.3 Å². The van der Waals surface area contributed by atoms with Gasteiger partial charge in [-0.3, -0.25) is 9.59 Å². The zero-order valence-corrected chi connectivity index (χ0v) is 18.1. The Morgan fingerprint density at radius 2 is 1.74 bits per heavy atom. The van der Waals surface area contributed by atoms with E-state index in [4.69, 9.17) is 28.4 Å². The van der Waals surface area contributed by atoms with Crippen LogP contribution in [-0.4, -0.2) is 86.4 Å². The summed E-state index contributed by atoms with van der Waals surface area (Å²) < 4.78 is 30.8. The number of Topliss-reactive ketones (excluding diaryl/α,β-unsaturated/α-hetero) is 1. The van der Waals surface area contributed by atoms with E-state index in [2.05, 4.69) is 0 Å². The van der Waals surface area contributed by atoms with Gasteiger partial charge in [-0.2, -0.15) is 0 Å². The first kappa shape index (κ1) is 26.7. The Bertz CT molecular complexity index is 645. The first-order chi connectivity index (χ1) is 14.6. The highest BCUT2D eigenvalue weighted by Gasteiger charge is 2.29. The van der Waals surface area contributed by atoms with Crippen LogP contribution in [-0.2, 0) is 47.6 Å². The Balaban J connectivity index is 2.95. The van der Waals surface area contributed by atoms with Crippen LogP contribution in [0.25, 0.3) is 0 Å². The van der Waals surface area contributed by atoms with Gasteiger partial charge in [0, 0.05) is 19.6 Å². The molecule has 0 aromatic carbocycles. The fourth-order valence-electron chi connectivity index (χ4n) is 2.44. The lowest BCUT2D eigenvalue weighted by atomic mass is 10.1. The van der Waals surface area contributed by atoms with Gasteiger partial charge >= 0.3 is 17.9 Å². The summed E-state index contributed by atoms with van der Waals surface area (Å²) >= 11 is 0. The van der Waals surface area contributed by atoms with E-state index in [-0.39, 0.29) is 19.8 Å². The maximum atomic E-state index is 12.2. The van der Waals surface area contributed by atoms with Gasteiger partial charge in [0.05, 0.1) is 19.6 Å². The molecule has 1 rings (SSSR count). The van der Waals surface area contributed by atoms with E-state index in [0.29, 0.717) is 6.61 Å². The zero-order chi connectivity index (χ0) is 23.4. The van der Waals surface area contributed by atoms with E-state index in [0.717, 1.165) is 6.08 Å². The van der Waals surface area contributed by atoms with Crippen molar-refractivity contribution >= 4 is 23.7 Å². The molecule has 0 aliphatic carbocycles. The van der Waals surface area contributed by atoms with E-state index < -0.39 is 60.6 Å². The highest BCUT2D eigenvalue weighted by molar-refractivity contribution is 5.90. The number of methoxy groups -OCH3 is 1. The number of rotatable bonds is 6. The topological polar surface area (TPSA) is 144 Å². The van der Waals surface area contributed by atoms with Crippen LogP contribution in [0, 0.1) is 0 Å². The number of ether oxygens (including phenoxy) is 6. The number of carbonyl (C=O) groups excluding carboxylic acids is 4. The van der Waals surface area contributed by atoms with Crippen molar-refractivity contribution in [3.8, 4) is 0 Å². The third-order valence-electron chi connectivity index (χ3n) is 4.16. The highest BCUT2D eigenvalue weighted by Crippen LogP contribution is 2.12. The molecular formula is C20H30O11. The standard InChI is InChI=1S/C20H30O11/c1-12-9-19(24)30-13(2)15(21)10-16(22)20(25)31-14(3)17(5-6-18(23)29-12)28-11-27-8-7-26-4/h5-6,12-14,16-17,22H,7-11H2,1-4H3/b6-5+/t12-,13-,14-,16-,17+/m0/s1. The lowest BCUT2D eigenvalue weighted by molar-refractivity contribution is -0.171. The van der Waals surface area contributed by atoms with Crippen LogP contribution >= 0.6 is 0 Å². The summed E-state index contributed by atoms with van der Waals surface area (Å²) in [6.45, 7) is 4.72. The molecule has 0 bridgehead atoms. The largest absolute Gasteiger partial charge is 0.459 e. The molecule has 0 saturated heterocycles. The van der Waals surface area contributed by atoms with Crippen molar-refractivity contribution in [2.45, 2.75) is 64.1 Å². The fraction of sp³-hybridized carbons (Fsp3) is 0.700. The second kappa shape index (κ2) is 13.9. The first-order valence-corrected chi connectivity index (χ1v) is 9.81. The second-order valence-electron chi connectivity index (χ2n) is 6.92. The average Bonchev–Trinajstić information content (AvgIpc) is 2.68. The van der Waals surface area contributed by atoms with Crippen molar-refractivity contribution in [1.82, 2.24) is 0 Å². The Morgan fingerprint density at radius 3 is 2.42 bits per heavy atom. The molecular weight excluding hydrogens is 416 g/mol. The number of hydrogen-bond donors (Lipinski definition) is 1. The summed E-state index contributed by atoms with van der Waals surface area (Å²) in [7, 11) is 1.51. The molecule has 31 heavy (non-hydrogen) atoms. The minimum absolute atomic E-state index is 0.184. The molecule has 0 unspecified atom stereocenters. The third kappa shape index (κ3) is 10.5. The van der Waals surface area contributed by atoms with Crippen molar-refractivity contribution in [1.29, 1.82) is 0 Å². The lowest BCUT2D eigenvalue weighted by Gasteiger charge is -2.23. The molecule has 1 aliphatic rings. The number of hydrogen-bond acceptors (Lipinski definition) is 11. The van der Waals surface area contributed by atoms with Gasteiger partial charge in [0.25, 0.3) is 0 Å². The van der Waals surface area contributed by atoms with Crippen molar-refractivity contribution < 1.29 is 52.7 Å². The normalized spacial score (nSPS) is 30.3. The number of esters is 3. The van der Waals surface area contributed by atoms with Crippen molar-refractivity contribution in [2.24, 2.45) is 0 Å². The second-order valence-corrected chi connectivity index (χ2v) is 6.92. The number of aliphatic hydroxyl groups is 1. The predicted octanol–water partition coefficient (Wildman–Crippen LogP) is 0.0672. The SMILES string of the molecule is COCCOCO[C@@H]1/C=C/C(=O)O[C@@H](C)CC(=O)O[C@@H](C)C(=O)C[C@H](O)C(=O)O[C@H]1C. The lowest BCUT2D eigenvalue weighted by Crippen LogP contribution is -2.37. The molecule has 0 aromatic heterocycles. The monoisotopic (exact) mass is 446 g/mol. The summed E-state index contributed by atoms with van der Waals surface area (Å²) in [5.74, 6) is -3.26. The van der Waals surface area contributed by atoms with E-state index in [1.165, 1.54) is 34.0 Å². The van der Waals surface area contributed by atoms with Crippen molar-refractivity contribution in [2.75, 3.05) is 27.1 Å². The molecule has 0 spiro atoms. The first-order valence-electron chi connectivity index (χ1n) is 9.81. The molecule has 0 aromatic rings. The molecule has 1 N–H and O–H groups in total. The van der Waals surface area contributed by atoms with Crippen LogP contribution in [0.4, 0.5) is 0 Å². The Kier molecular flexibility index (Phi) is 11.9. The van der Waals surface area contributed by atoms with E-state index in [1.54, 1.807) is 0 Å². The number of carbonyl (C=O) groups is 4. The molecule has 1 heterocycles. The molecule has 11 heteroatoms. The molecule has 11 nitrogen and oxygen atoms in total. The Labute approximate surface area is 180 Å². The fourth-order valence-corrected chi connectivity index (χ4v) is 2.44. The van der Waals surface area contributed by atoms with Gasteiger partial charge in [-0.1, -0.05) is 0 Å². The molecule has 5 atom stereocenters. The van der Waals surface area contributed by atoms with Gasteiger partial charge in [-0.05, 0) is 26.8 Å². The van der Waals surface area contributed by atoms with Gasteiger partial charge in [-0.25, -0.2) is 9.59 Å². The van der Waals surface area contributed by atoms with Crippen LogP contribution in [0.3, 0.4) is 0 Å². The van der Waals surface area contributed by atoms with Crippen molar-refractivity contribution in [3.05, 3.63) is 12.2 Å². The molecule has 0 radical (unpaired) electrons. The molecule has 176 valence electrons. The molecule has 0 fully saturated rings. The Morgan fingerprint density at radius 1 is 1.03 bits per heavy atom. The molecule has 0 amide bonds. The van der Waals surface area contributed by atoms with Crippen LogP contribution < -0.4 is 0 Å². The molecule has 0 saturated carbocycles. The average molecular weight is 446 g/mol. The summed E-state index contributed by atoms with van der Waals surface area (Å²) in [6.07, 6.45) is -4.10. The summed E-state index contributed by atoms with van der Waals surface area (Å²) in [6, 6.07) is 0. The van der Waals surface area contributed by atoms with Crippen LogP contribution in [0.2, 0.25) is 0 Å². The van der Waals surface area contributed by atoms with Crippen molar-refractivity contribution in [3.63, 3.8) is 0 Å². The third-order valence-corrected chi connectivity index (χ3v) is 4.16. The van der Waals surface area contributed by atoms with E-state index >= 15 is 0 Å². The zero-order valence-electron chi connectivity index (χ0n) is 18.1. The number of ketones is 1.